The Morgan fingerprint density at radius 1 is 1.50 bits per heavy atom. The van der Waals surface area contributed by atoms with E-state index in [1.54, 1.807) is 7.11 Å². The first-order valence-electron chi connectivity index (χ1n) is 6.56. The molecule has 1 aliphatic rings. The van der Waals surface area contributed by atoms with E-state index < -0.39 is 6.10 Å². The summed E-state index contributed by atoms with van der Waals surface area (Å²) in [5.74, 6) is 0.819. The number of hydrogen-bond donors (Lipinski definition) is 1. The molecule has 2 rings (SSSR count). The number of methoxy groups -OCH3 is 1. The van der Waals surface area contributed by atoms with Crippen molar-refractivity contribution in [2.45, 2.75) is 26.0 Å². The summed E-state index contributed by atoms with van der Waals surface area (Å²) in [4.78, 5) is 11.5. The molecule has 0 spiro atoms. The molecule has 5 nitrogen and oxygen atoms in total. The summed E-state index contributed by atoms with van der Waals surface area (Å²) in [5.41, 5.74) is 1.08. The van der Waals surface area contributed by atoms with Crippen molar-refractivity contribution >= 4 is 21.9 Å². The van der Waals surface area contributed by atoms with Gasteiger partial charge in [0, 0.05) is 13.0 Å². The predicted octanol–water partition coefficient (Wildman–Crippen LogP) is 2.26. The Morgan fingerprint density at radius 2 is 2.30 bits per heavy atom. The Hall–Kier alpha value is -1.27. The zero-order valence-corrected chi connectivity index (χ0v) is 13.2. The highest BCUT2D eigenvalue weighted by molar-refractivity contribution is 9.10. The smallest absolute Gasteiger partial charge is 0.347 e. The van der Waals surface area contributed by atoms with Crippen LogP contribution in [0.5, 0.6) is 11.5 Å². The van der Waals surface area contributed by atoms with Crippen molar-refractivity contribution in [3.63, 3.8) is 0 Å². The van der Waals surface area contributed by atoms with Crippen LogP contribution >= 0.6 is 15.9 Å². The molecule has 0 radical (unpaired) electrons. The van der Waals surface area contributed by atoms with Crippen LogP contribution in [-0.2, 0) is 16.1 Å². The second kappa shape index (κ2) is 6.95. The van der Waals surface area contributed by atoms with E-state index in [2.05, 4.69) is 28.2 Å². The van der Waals surface area contributed by atoms with E-state index in [0.29, 0.717) is 24.5 Å². The number of hydrogen-bond acceptors (Lipinski definition) is 5. The highest BCUT2D eigenvalue weighted by Crippen LogP contribution is 2.38. The van der Waals surface area contributed by atoms with Crippen molar-refractivity contribution in [1.82, 2.24) is 5.32 Å². The van der Waals surface area contributed by atoms with Crippen molar-refractivity contribution in [1.29, 1.82) is 0 Å². The van der Waals surface area contributed by atoms with Gasteiger partial charge in [-0.05, 0) is 40.2 Å². The maximum absolute atomic E-state index is 11.5. The van der Waals surface area contributed by atoms with Gasteiger partial charge in [0.1, 0.15) is 0 Å². The van der Waals surface area contributed by atoms with Gasteiger partial charge in [0.05, 0.1) is 18.2 Å². The third kappa shape index (κ3) is 3.43. The predicted molar refractivity (Wildman–Crippen MR) is 78.1 cm³/mol. The minimum atomic E-state index is -0.556. The second-order valence-corrected chi connectivity index (χ2v) is 5.31. The van der Waals surface area contributed by atoms with Gasteiger partial charge in [0.25, 0.3) is 0 Å². The molecule has 110 valence electrons. The highest BCUT2D eigenvalue weighted by atomic mass is 79.9. The van der Waals surface area contributed by atoms with Crippen molar-refractivity contribution in [2.75, 3.05) is 20.3 Å². The van der Waals surface area contributed by atoms with E-state index in [0.717, 1.165) is 23.1 Å². The molecular formula is C14H18BrNO4. The van der Waals surface area contributed by atoms with Gasteiger partial charge in [-0.3, -0.25) is 0 Å². The molecule has 6 heteroatoms. The lowest BCUT2D eigenvalue weighted by atomic mass is 10.2. The van der Waals surface area contributed by atoms with E-state index in [1.165, 1.54) is 0 Å². The monoisotopic (exact) mass is 343 g/mol. The lowest BCUT2D eigenvalue weighted by molar-refractivity contribution is -0.143. The number of ether oxygens (including phenoxy) is 3. The molecule has 1 heterocycles. The molecule has 0 aromatic heterocycles. The van der Waals surface area contributed by atoms with Gasteiger partial charge in [0.2, 0.25) is 0 Å². The molecule has 0 saturated carbocycles. The van der Waals surface area contributed by atoms with Crippen molar-refractivity contribution in [2.24, 2.45) is 0 Å². The number of nitrogens with one attached hydrogen (secondary N) is 1. The summed E-state index contributed by atoms with van der Waals surface area (Å²) in [6.07, 6.45) is 0.00734. The largest absolute Gasteiger partial charge is 0.493 e. The minimum Gasteiger partial charge on any atom is -0.493 e. The lowest BCUT2D eigenvalue weighted by Crippen LogP contribution is -2.22. The standard InChI is InChI=1S/C14H18BrNO4/c1-3-16-8-9-6-10(15)13(12(7-9)18-2)20-11-4-5-19-14(11)17/h6-7,11,16H,3-5,8H2,1-2H3. The lowest BCUT2D eigenvalue weighted by Gasteiger charge is -2.16. The van der Waals surface area contributed by atoms with Gasteiger partial charge in [0.15, 0.2) is 17.6 Å². The first-order chi connectivity index (χ1) is 9.65. The van der Waals surface area contributed by atoms with E-state index in [-0.39, 0.29) is 5.97 Å². The Balaban J connectivity index is 2.20. The second-order valence-electron chi connectivity index (χ2n) is 4.45. The van der Waals surface area contributed by atoms with Crippen LogP contribution in [0.15, 0.2) is 16.6 Å². The van der Waals surface area contributed by atoms with E-state index in [9.17, 15) is 4.79 Å². The van der Waals surface area contributed by atoms with E-state index in [1.807, 2.05) is 12.1 Å². The van der Waals surface area contributed by atoms with Crippen molar-refractivity contribution < 1.29 is 19.0 Å². The van der Waals surface area contributed by atoms with Crippen LogP contribution in [0.2, 0.25) is 0 Å². The minimum absolute atomic E-state index is 0.323. The van der Waals surface area contributed by atoms with Crippen LogP contribution in [0, 0.1) is 0 Å². The van der Waals surface area contributed by atoms with Crippen LogP contribution in [0.3, 0.4) is 0 Å². The molecular weight excluding hydrogens is 326 g/mol. The molecule has 20 heavy (non-hydrogen) atoms. The number of cyclic esters (lactones) is 1. The summed E-state index contributed by atoms with van der Waals surface area (Å²) < 4.78 is 16.8. The Morgan fingerprint density at radius 3 is 2.90 bits per heavy atom. The third-order valence-corrected chi connectivity index (χ3v) is 3.60. The highest BCUT2D eigenvalue weighted by Gasteiger charge is 2.30. The fourth-order valence-electron chi connectivity index (χ4n) is 1.99. The number of rotatable bonds is 6. The van der Waals surface area contributed by atoms with Crippen molar-refractivity contribution in [3.05, 3.63) is 22.2 Å². The van der Waals surface area contributed by atoms with Gasteiger partial charge in [-0.2, -0.15) is 0 Å². The zero-order chi connectivity index (χ0) is 14.5. The Labute approximate surface area is 126 Å². The van der Waals surface area contributed by atoms with Crippen LogP contribution in [0.25, 0.3) is 0 Å². The number of carbonyl (C=O) groups is 1. The average Bonchev–Trinajstić information content (AvgIpc) is 2.84. The molecule has 1 saturated heterocycles. The third-order valence-electron chi connectivity index (χ3n) is 3.02. The number of carbonyl (C=O) groups excluding carboxylic acids is 1. The molecule has 1 N–H and O–H groups in total. The maximum Gasteiger partial charge on any atom is 0.347 e. The topological polar surface area (TPSA) is 56.8 Å². The number of esters is 1. The summed E-state index contributed by atoms with van der Waals surface area (Å²) in [6.45, 7) is 4.10. The summed E-state index contributed by atoms with van der Waals surface area (Å²) in [5, 5.41) is 3.25. The normalized spacial score (nSPS) is 17.9. The summed E-state index contributed by atoms with van der Waals surface area (Å²) >= 11 is 3.47. The molecule has 1 fully saturated rings. The molecule has 1 atom stereocenters. The molecule has 1 unspecified atom stereocenters. The van der Waals surface area contributed by atoms with Crippen molar-refractivity contribution in [3.8, 4) is 11.5 Å². The van der Waals surface area contributed by atoms with Crippen LogP contribution in [0.1, 0.15) is 18.9 Å². The SMILES string of the molecule is CCNCc1cc(Br)c(OC2CCOC2=O)c(OC)c1. The fourth-order valence-corrected chi connectivity index (χ4v) is 2.57. The van der Waals surface area contributed by atoms with Gasteiger partial charge >= 0.3 is 5.97 Å². The average molecular weight is 344 g/mol. The van der Waals surface area contributed by atoms with Gasteiger partial charge in [-0.1, -0.05) is 6.92 Å². The molecule has 0 bridgehead atoms. The Bertz CT molecular complexity index is 492. The summed E-state index contributed by atoms with van der Waals surface area (Å²) in [6, 6.07) is 3.86. The fraction of sp³-hybridized carbons (Fsp3) is 0.500. The molecule has 1 aliphatic heterocycles. The van der Waals surface area contributed by atoms with E-state index >= 15 is 0 Å². The first kappa shape index (κ1) is 15.1. The zero-order valence-electron chi connectivity index (χ0n) is 11.6. The summed E-state index contributed by atoms with van der Waals surface area (Å²) in [7, 11) is 1.58. The molecule has 1 aromatic carbocycles. The van der Waals surface area contributed by atoms with Crippen LogP contribution in [0.4, 0.5) is 0 Å². The molecule has 1 aromatic rings. The van der Waals surface area contributed by atoms with Crippen LogP contribution < -0.4 is 14.8 Å². The molecule has 0 amide bonds. The number of benzene rings is 1. The number of halogens is 1. The molecule has 0 aliphatic carbocycles. The van der Waals surface area contributed by atoms with Crippen LogP contribution in [-0.4, -0.2) is 32.3 Å². The van der Waals surface area contributed by atoms with Gasteiger partial charge in [-0.15, -0.1) is 0 Å². The quantitative estimate of drug-likeness (QED) is 0.803. The Kier molecular flexibility index (Phi) is 5.25. The van der Waals surface area contributed by atoms with E-state index in [4.69, 9.17) is 14.2 Å². The maximum atomic E-state index is 11.5. The van der Waals surface area contributed by atoms with Gasteiger partial charge in [-0.25, -0.2) is 4.79 Å². The first-order valence-corrected chi connectivity index (χ1v) is 7.35. The van der Waals surface area contributed by atoms with Gasteiger partial charge < -0.3 is 19.5 Å².